The smallest absolute Gasteiger partial charge is 0.251 e. The lowest BCUT2D eigenvalue weighted by molar-refractivity contribution is 0.0951. The second-order valence-corrected chi connectivity index (χ2v) is 8.36. The number of nitrogens with one attached hydrogen (secondary N) is 2. The van der Waals surface area contributed by atoms with E-state index < -0.39 is 0 Å². The number of amides is 1. The maximum absolute atomic E-state index is 12.3. The molecule has 4 aromatic rings. The summed E-state index contributed by atoms with van der Waals surface area (Å²) in [5.41, 5.74) is 5.16. The molecule has 0 saturated heterocycles. The number of nitrogens with zero attached hydrogens (tertiary/aromatic N) is 3. The van der Waals surface area contributed by atoms with Crippen LogP contribution < -0.4 is 10.6 Å². The highest BCUT2D eigenvalue weighted by atomic mass is 16.2. The summed E-state index contributed by atoms with van der Waals surface area (Å²) in [7, 11) is 0. The van der Waals surface area contributed by atoms with E-state index in [-0.39, 0.29) is 12.5 Å². The summed E-state index contributed by atoms with van der Waals surface area (Å²) >= 11 is 0. The van der Waals surface area contributed by atoms with Gasteiger partial charge in [0, 0.05) is 42.1 Å². The number of aliphatic hydroxyl groups excluding tert-OH is 1. The van der Waals surface area contributed by atoms with E-state index in [1.165, 1.54) is 0 Å². The van der Waals surface area contributed by atoms with E-state index in [0.717, 1.165) is 53.8 Å². The van der Waals surface area contributed by atoms with E-state index >= 15 is 0 Å². The van der Waals surface area contributed by atoms with E-state index in [0.29, 0.717) is 24.0 Å². The first-order valence-electron chi connectivity index (χ1n) is 11.4. The largest absolute Gasteiger partial charge is 0.396 e. The van der Waals surface area contributed by atoms with Crippen LogP contribution >= 0.6 is 0 Å². The monoisotopic (exact) mass is 441 g/mol. The molecule has 0 radical (unpaired) electrons. The Bertz CT molecular complexity index is 1250. The van der Waals surface area contributed by atoms with Crippen LogP contribution in [0.25, 0.3) is 28.2 Å². The molecule has 1 saturated carbocycles. The average molecular weight is 442 g/mol. The highest BCUT2D eigenvalue weighted by Crippen LogP contribution is 2.28. The fourth-order valence-corrected chi connectivity index (χ4v) is 3.80. The van der Waals surface area contributed by atoms with Crippen LogP contribution in [0.4, 0.5) is 5.82 Å². The normalized spacial score (nSPS) is 13.2. The van der Waals surface area contributed by atoms with Crippen molar-refractivity contribution < 1.29 is 9.90 Å². The molecule has 0 bridgehead atoms. The van der Waals surface area contributed by atoms with E-state index in [9.17, 15) is 4.79 Å². The quantitative estimate of drug-likeness (QED) is 0.340. The lowest BCUT2D eigenvalue weighted by Crippen LogP contribution is -2.25. The van der Waals surface area contributed by atoms with Gasteiger partial charge in [-0.1, -0.05) is 42.5 Å². The van der Waals surface area contributed by atoms with Gasteiger partial charge in [0.05, 0.1) is 17.6 Å². The second-order valence-electron chi connectivity index (χ2n) is 8.36. The highest BCUT2D eigenvalue weighted by molar-refractivity contribution is 5.95. The molecule has 3 N–H and O–H groups in total. The van der Waals surface area contributed by atoms with Crippen LogP contribution in [-0.2, 0) is 0 Å². The van der Waals surface area contributed by atoms with Gasteiger partial charge in [-0.15, -0.1) is 0 Å². The van der Waals surface area contributed by atoms with Crippen molar-refractivity contribution in [1.29, 1.82) is 0 Å². The molecule has 1 fully saturated rings. The molecule has 0 unspecified atom stereocenters. The Labute approximate surface area is 192 Å². The van der Waals surface area contributed by atoms with Crippen molar-refractivity contribution in [1.82, 2.24) is 19.7 Å². The Balaban J connectivity index is 1.50. The predicted octanol–water partition coefficient (Wildman–Crippen LogP) is 4.14. The summed E-state index contributed by atoms with van der Waals surface area (Å²) in [5, 5.41) is 15.5. The topological polar surface area (TPSA) is 91.5 Å². The number of carbonyl (C=O) groups excluding carboxylic acids is 1. The van der Waals surface area contributed by atoms with Crippen LogP contribution in [0.15, 0.2) is 67.0 Å². The van der Waals surface area contributed by atoms with Crippen LogP contribution in [0, 0.1) is 0 Å². The van der Waals surface area contributed by atoms with Gasteiger partial charge in [0.1, 0.15) is 0 Å². The van der Waals surface area contributed by atoms with Crippen molar-refractivity contribution in [2.24, 2.45) is 0 Å². The van der Waals surface area contributed by atoms with Gasteiger partial charge in [0.25, 0.3) is 5.91 Å². The molecule has 7 heteroatoms. The zero-order valence-corrected chi connectivity index (χ0v) is 18.4. The zero-order chi connectivity index (χ0) is 22.6. The van der Waals surface area contributed by atoms with Gasteiger partial charge >= 0.3 is 0 Å². The van der Waals surface area contributed by atoms with Gasteiger partial charge in [-0.2, -0.15) is 0 Å². The van der Waals surface area contributed by atoms with E-state index in [4.69, 9.17) is 10.1 Å². The van der Waals surface area contributed by atoms with E-state index in [1.54, 1.807) is 0 Å². The number of unbranched alkanes of at least 4 members (excludes halogenated alkanes) is 1. The molecule has 0 atom stereocenters. The molecule has 0 spiro atoms. The van der Waals surface area contributed by atoms with Gasteiger partial charge < -0.3 is 15.7 Å². The number of aliphatic hydroxyl groups is 1. The molecular weight excluding hydrogens is 414 g/mol. The first kappa shape index (κ1) is 21.2. The number of benzene rings is 2. The Kier molecular flexibility index (Phi) is 6.04. The fraction of sp³-hybridized carbons (Fsp3) is 0.269. The predicted molar refractivity (Wildman–Crippen MR) is 129 cm³/mol. The number of imidazole rings is 1. The minimum atomic E-state index is -0.0212. The lowest BCUT2D eigenvalue weighted by Gasteiger charge is -2.11. The molecule has 1 amide bonds. The minimum Gasteiger partial charge on any atom is -0.396 e. The van der Waals surface area contributed by atoms with Gasteiger partial charge in [-0.3, -0.25) is 9.20 Å². The third-order valence-corrected chi connectivity index (χ3v) is 5.79. The Morgan fingerprint density at radius 1 is 1.03 bits per heavy atom. The number of fused-ring (bicyclic) bond motifs is 1. The van der Waals surface area contributed by atoms with Gasteiger partial charge in [-0.25, -0.2) is 9.97 Å². The SMILES string of the molecule is O=C(NC1CC1)c1ccc(-c2cnc3c(NCCCCO)nc(-c4ccccc4)cn23)cc1. The Morgan fingerprint density at radius 2 is 1.82 bits per heavy atom. The Morgan fingerprint density at radius 3 is 2.55 bits per heavy atom. The third-order valence-electron chi connectivity index (χ3n) is 5.79. The maximum atomic E-state index is 12.3. The molecular formula is C26H27N5O2. The lowest BCUT2D eigenvalue weighted by atomic mass is 10.1. The molecule has 1 aliphatic rings. The summed E-state index contributed by atoms with van der Waals surface area (Å²) < 4.78 is 2.04. The van der Waals surface area contributed by atoms with Crippen molar-refractivity contribution in [2.45, 2.75) is 31.7 Å². The highest BCUT2D eigenvalue weighted by Gasteiger charge is 2.23. The summed E-state index contributed by atoms with van der Waals surface area (Å²) in [4.78, 5) is 21.8. The van der Waals surface area contributed by atoms with Gasteiger partial charge in [0.15, 0.2) is 11.5 Å². The van der Waals surface area contributed by atoms with Crippen LogP contribution in [0.2, 0.25) is 0 Å². The Hall–Kier alpha value is -3.71. The van der Waals surface area contributed by atoms with Crippen molar-refractivity contribution in [3.63, 3.8) is 0 Å². The fourth-order valence-electron chi connectivity index (χ4n) is 3.80. The first-order chi connectivity index (χ1) is 16.2. The molecule has 2 heterocycles. The molecule has 2 aromatic carbocycles. The van der Waals surface area contributed by atoms with Crippen LogP contribution in [0.5, 0.6) is 0 Å². The number of anilines is 1. The van der Waals surface area contributed by atoms with Crippen molar-refractivity contribution in [3.8, 4) is 22.5 Å². The number of carbonyl (C=O) groups is 1. The summed E-state index contributed by atoms with van der Waals surface area (Å²) in [6.45, 7) is 0.880. The van der Waals surface area contributed by atoms with Crippen molar-refractivity contribution in [3.05, 3.63) is 72.6 Å². The van der Waals surface area contributed by atoms with Gasteiger partial charge in [-0.05, 0) is 37.8 Å². The van der Waals surface area contributed by atoms with E-state index in [1.807, 2.05) is 71.4 Å². The molecule has 7 nitrogen and oxygen atoms in total. The van der Waals surface area contributed by atoms with Crippen LogP contribution in [0.3, 0.4) is 0 Å². The molecule has 5 rings (SSSR count). The second kappa shape index (κ2) is 9.42. The molecule has 168 valence electrons. The number of hydrogen-bond acceptors (Lipinski definition) is 5. The van der Waals surface area contributed by atoms with Crippen molar-refractivity contribution in [2.75, 3.05) is 18.5 Å². The van der Waals surface area contributed by atoms with Crippen LogP contribution in [0.1, 0.15) is 36.0 Å². The third kappa shape index (κ3) is 4.73. The average Bonchev–Trinajstić information content (AvgIpc) is 3.57. The number of aromatic nitrogens is 3. The van der Waals surface area contributed by atoms with Crippen molar-refractivity contribution >= 4 is 17.4 Å². The van der Waals surface area contributed by atoms with Crippen LogP contribution in [-0.4, -0.2) is 44.6 Å². The molecule has 33 heavy (non-hydrogen) atoms. The summed E-state index contributed by atoms with van der Waals surface area (Å²) in [6.07, 6.45) is 7.56. The summed E-state index contributed by atoms with van der Waals surface area (Å²) in [5.74, 6) is 0.688. The maximum Gasteiger partial charge on any atom is 0.251 e. The van der Waals surface area contributed by atoms with Gasteiger partial charge in [0.2, 0.25) is 0 Å². The minimum absolute atomic E-state index is 0.0212. The zero-order valence-electron chi connectivity index (χ0n) is 18.4. The van der Waals surface area contributed by atoms with E-state index in [2.05, 4.69) is 15.6 Å². The molecule has 1 aliphatic carbocycles. The molecule has 0 aliphatic heterocycles. The number of hydrogen-bond donors (Lipinski definition) is 3. The standard InChI is InChI=1S/C26H27N5O2/c32-15-5-4-14-27-24-25-28-16-23(31(25)17-22(30-24)18-6-2-1-3-7-18)19-8-10-20(11-9-19)26(33)29-21-12-13-21/h1-3,6-11,16-17,21,32H,4-5,12-15H2,(H,27,30)(H,29,33). The molecule has 2 aromatic heterocycles. The number of rotatable bonds is 9. The summed E-state index contributed by atoms with van der Waals surface area (Å²) in [6, 6.07) is 18.0. The first-order valence-corrected chi connectivity index (χ1v) is 11.4.